The van der Waals surface area contributed by atoms with Crippen molar-refractivity contribution in [3.05, 3.63) is 29.8 Å². The van der Waals surface area contributed by atoms with E-state index in [0.29, 0.717) is 11.6 Å². The van der Waals surface area contributed by atoms with Gasteiger partial charge in [-0.3, -0.25) is 0 Å². The molecule has 2 heteroatoms. The quantitative estimate of drug-likeness (QED) is 0.775. The summed E-state index contributed by atoms with van der Waals surface area (Å²) >= 11 is 0. The first kappa shape index (κ1) is 11.0. The van der Waals surface area contributed by atoms with Crippen LogP contribution in [-0.4, -0.2) is 6.04 Å². The summed E-state index contributed by atoms with van der Waals surface area (Å²) in [5.74, 6) is 0. The van der Waals surface area contributed by atoms with Crippen molar-refractivity contribution in [3.63, 3.8) is 0 Å². The summed E-state index contributed by atoms with van der Waals surface area (Å²) in [4.78, 5) is 0. The third-order valence-electron chi connectivity index (χ3n) is 2.00. The molecule has 0 spiro atoms. The van der Waals surface area contributed by atoms with Gasteiger partial charge in [-0.25, -0.2) is 4.39 Å². The average molecular weight is 195 g/mol. The van der Waals surface area contributed by atoms with Gasteiger partial charge < -0.3 is 5.32 Å². The largest absolute Gasteiger partial charge is 0.383 e. The molecule has 14 heavy (non-hydrogen) atoms. The molecule has 0 atom stereocenters. The van der Waals surface area contributed by atoms with E-state index in [1.165, 1.54) is 0 Å². The molecule has 0 aliphatic carbocycles. The molecule has 0 unspecified atom stereocenters. The van der Waals surface area contributed by atoms with E-state index >= 15 is 0 Å². The molecular formula is C12H18FN. The second-order valence-electron chi connectivity index (χ2n) is 4.35. The van der Waals surface area contributed by atoms with E-state index in [-0.39, 0.29) is 0 Å². The van der Waals surface area contributed by atoms with Gasteiger partial charge in [0, 0.05) is 11.7 Å². The van der Waals surface area contributed by atoms with Gasteiger partial charge in [-0.05, 0) is 45.4 Å². The summed E-state index contributed by atoms with van der Waals surface area (Å²) in [7, 11) is 0. The lowest BCUT2D eigenvalue weighted by molar-refractivity contribution is 0.221. The van der Waals surface area contributed by atoms with Crippen LogP contribution in [0.3, 0.4) is 0 Å². The maximum Gasteiger partial charge on any atom is 0.130 e. The van der Waals surface area contributed by atoms with Crippen LogP contribution in [0.5, 0.6) is 0 Å². The minimum absolute atomic E-state index is 0.368. The fraction of sp³-hybridized carbons (Fsp3) is 0.500. The van der Waals surface area contributed by atoms with Gasteiger partial charge in [-0.2, -0.15) is 0 Å². The van der Waals surface area contributed by atoms with Crippen LogP contribution in [0.2, 0.25) is 0 Å². The van der Waals surface area contributed by atoms with E-state index in [4.69, 9.17) is 0 Å². The molecule has 0 amide bonds. The second kappa shape index (κ2) is 3.99. The molecule has 1 rings (SSSR count). The van der Waals surface area contributed by atoms with E-state index in [2.05, 4.69) is 19.2 Å². The zero-order valence-electron chi connectivity index (χ0n) is 9.26. The zero-order chi connectivity index (χ0) is 10.8. The number of rotatable bonds is 3. The summed E-state index contributed by atoms with van der Waals surface area (Å²) in [6, 6.07) is 7.87. The Labute approximate surface area is 85.3 Å². The minimum Gasteiger partial charge on any atom is -0.383 e. The molecule has 0 fully saturated rings. The smallest absolute Gasteiger partial charge is 0.130 e. The Morgan fingerprint density at radius 3 is 2.43 bits per heavy atom. The highest BCUT2D eigenvalue weighted by Crippen LogP contribution is 2.26. The van der Waals surface area contributed by atoms with Gasteiger partial charge in [0.05, 0.1) is 0 Å². The number of halogens is 1. The van der Waals surface area contributed by atoms with E-state index in [9.17, 15) is 4.39 Å². The number of hydrogen-bond donors (Lipinski definition) is 1. The summed E-state index contributed by atoms with van der Waals surface area (Å²) in [5.41, 5.74) is 0.417. The predicted octanol–water partition coefficient (Wildman–Crippen LogP) is 3.71. The van der Waals surface area contributed by atoms with E-state index in [0.717, 1.165) is 5.69 Å². The van der Waals surface area contributed by atoms with E-state index < -0.39 is 5.67 Å². The Hall–Kier alpha value is -1.05. The fourth-order valence-electron chi connectivity index (χ4n) is 1.31. The van der Waals surface area contributed by atoms with Crippen molar-refractivity contribution in [3.8, 4) is 0 Å². The van der Waals surface area contributed by atoms with E-state index in [1.807, 2.05) is 24.3 Å². The van der Waals surface area contributed by atoms with Crippen LogP contribution in [0, 0.1) is 0 Å². The number of anilines is 1. The van der Waals surface area contributed by atoms with Crippen LogP contribution >= 0.6 is 0 Å². The number of hydrogen-bond acceptors (Lipinski definition) is 1. The Balaban J connectivity index is 2.90. The lowest BCUT2D eigenvalue weighted by atomic mass is 10.00. The van der Waals surface area contributed by atoms with Crippen LogP contribution in [0.25, 0.3) is 0 Å². The molecule has 1 aromatic carbocycles. The molecular weight excluding hydrogens is 177 g/mol. The first-order valence-corrected chi connectivity index (χ1v) is 4.95. The molecule has 0 aliphatic heterocycles. The highest BCUT2D eigenvalue weighted by Gasteiger charge is 2.18. The molecule has 78 valence electrons. The van der Waals surface area contributed by atoms with Crippen molar-refractivity contribution in [1.82, 2.24) is 0 Å². The van der Waals surface area contributed by atoms with Gasteiger partial charge in [-0.15, -0.1) is 0 Å². The van der Waals surface area contributed by atoms with Crippen LogP contribution in [-0.2, 0) is 5.67 Å². The molecule has 1 N–H and O–H groups in total. The van der Waals surface area contributed by atoms with Crippen LogP contribution in [0.4, 0.5) is 10.1 Å². The molecule has 1 nitrogen and oxygen atoms in total. The predicted molar refractivity (Wildman–Crippen MR) is 59.3 cm³/mol. The molecule has 0 saturated carbocycles. The molecule has 0 heterocycles. The zero-order valence-corrected chi connectivity index (χ0v) is 9.26. The van der Waals surface area contributed by atoms with Crippen LogP contribution in [0.15, 0.2) is 24.3 Å². The number of nitrogens with one attached hydrogen (secondary N) is 1. The Bertz CT molecular complexity index is 299. The van der Waals surface area contributed by atoms with Gasteiger partial charge >= 0.3 is 0 Å². The normalized spacial score (nSPS) is 11.9. The summed E-state index contributed by atoms with van der Waals surface area (Å²) in [6.45, 7) is 7.27. The molecule has 0 bridgehead atoms. The molecule has 0 radical (unpaired) electrons. The van der Waals surface area contributed by atoms with Crippen molar-refractivity contribution in [2.24, 2.45) is 0 Å². The summed E-state index contributed by atoms with van der Waals surface area (Å²) in [5, 5.41) is 3.25. The molecule has 0 aromatic heterocycles. The molecule has 1 aromatic rings. The van der Waals surface area contributed by atoms with Crippen LogP contribution in [0.1, 0.15) is 33.3 Å². The third-order valence-corrected chi connectivity index (χ3v) is 2.00. The summed E-state index contributed by atoms with van der Waals surface area (Å²) in [6.07, 6.45) is 0. The Morgan fingerprint density at radius 1 is 1.29 bits per heavy atom. The van der Waals surface area contributed by atoms with Gasteiger partial charge in [0.1, 0.15) is 5.67 Å². The lowest BCUT2D eigenvalue weighted by Crippen LogP contribution is -2.12. The highest BCUT2D eigenvalue weighted by atomic mass is 19.1. The van der Waals surface area contributed by atoms with Crippen LogP contribution < -0.4 is 5.32 Å². The van der Waals surface area contributed by atoms with E-state index in [1.54, 1.807) is 13.8 Å². The first-order chi connectivity index (χ1) is 6.39. The van der Waals surface area contributed by atoms with Gasteiger partial charge in [0.25, 0.3) is 0 Å². The van der Waals surface area contributed by atoms with Crippen molar-refractivity contribution in [2.45, 2.75) is 39.4 Å². The third kappa shape index (κ3) is 3.02. The fourth-order valence-corrected chi connectivity index (χ4v) is 1.31. The number of alkyl halides is 1. The van der Waals surface area contributed by atoms with Gasteiger partial charge in [-0.1, -0.05) is 12.1 Å². The minimum atomic E-state index is -1.27. The monoisotopic (exact) mass is 195 g/mol. The van der Waals surface area contributed by atoms with Crippen molar-refractivity contribution in [2.75, 3.05) is 5.32 Å². The maximum absolute atomic E-state index is 13.6. The van der Waals surface area contributed by atoms with Crippen molar-refractivity contribution in [1.29, 1.82) is 0 Å². The molecule has 0 aliphatic rings. The second-order valence-corrected chi connectivity index (χ2v) is 4.35. The SMILES string of the molecule is CC(C)Nc1cccc(C(C)(C)F)c1. The van der Waals surface area contributed by atoms with Crippen molar-refractivity contribution >= 4 is 5.69 Å². The Morgan fingerprint density at radius 2 is 1.93 bits per heavy atom. The Kier molecular flexibility index (Phi) is 3.14. The summed E-state index contributed by atoms with van der Waals surface area (Å²) < 4.78 is 13.6. The van der Waals surface area contributed by atoms with Gasteiger partial charge in [0.15, 0.2) is 0 Å². The van der Waals surface area contributed by atoms with Gasteiger partial charge in [0.2, 0.25) is 0 Å². The highest BCUT2D eigenvalue weighted by molar-refractivity contribution is 5.47. The molecule has 0 saturated heterocycles. The topological polar surface area (TPSA) is 12.0 Å². The average Bonchev–Trinajstić information content (AvgIpc) is 2.01. The van der Waals surface area contributed by atoms with Crippen molar-refractivity contribution < 1.29 is 4.39 Å². The standard InChI is InChI=1S/C12H18FN/c1-9(2)14-11-7-5-6-10(8-11)12(3,4)13/h5-9,14H,1-4H3. The number of benzene rings is 1. The maximum atomic E-state index is 13.6. The first-order valence-electron chi connectivity index (χ1n) is 4.95. The lowest BCUT2D eigenvalue weighted by Gasteiger charge is -2.17.